The lowest BCUT2D eigenvalue weighted by molar-refractivity contribution is 0.0926. The van der Waals surface area contributed by atoms with Crippen LogP contribution in [0.5, 0.6) is 5.75 Å². The Bertz CT molecular complexity index is 970. The molecule has 28 heavy (non-hydrogen) atoms. The van der Waals surface area contributed by atoms with Crippen molar-refractivity contribution >= 4 is 22.6 Å². The fourth-order valence-electron chi connectivity index (χ4n) is 4.53. The van der Waals surface area contributed by atoms with Gasteiger partial charge in [0, 0.05) is 43.0 Å². The van der Waals surface area contributed by atoms with Crippen molar-refractivity contribution in [2.24, 2.45) is 17.8 Å². The number of benzene rings is 1. The second-order valence-electron chi connectivity index (χ2n) is 7.67. The van der Waals surface area contributed by atoms with Gasteiger partial charge >= 0.3 is 0 Å². The molecule has 1 aliphatic heterocycles. The molecule has 1 aliphatic carbocycles. The lowest BCUT2D eigenvalue weighted by Crippen LogP contribution is -2.27. The number of anilines is 1. The van der Waals surface area contributed by atoms with Gasteiger partial charge in [-0.3, -0.25) is 9.78 Å². The zero-order valence-corrected chi connectivity index (χ0v) is 15.8. The zero-order chi connectivity index (χ0) is 19.1. The highest BCUT2D eigenvalue weighted by Crippen LogP contribution is 2.54. The Kier molecular flexibility index (Phi) is 4.19. The summed E-state index contributed by atoms with van der Waals surface area (Å²) in [5.74, 6) is 3.28. The van der Waals surface area contributed by atoms with E-state index in [1.165, 1.54) is 5.69 Å². The Morgan fingerprint density at radius 1 is 1.29 bits per heavy atom. The number of hydrogen-bond donors (Lipinski definition) is 1. The van der Waals surface area contributed by atoms with Gasteiger partial charge in [-0.05, 0) is 48.4 Å². The molecular formula is C22H23N3O3. The van der Waals surface area contributed by atoms with Crippen LogP contribution in [0.25, 0.3) is 11.0 Å². The van der Waals surface area contributed by atoms with E-state index in [0.717, 1.165) is 42.5 Å². The SMILES string of the molecule is COc1cccc(N2C[C@@H]3[C@@H](CCNC(=O)c4cc5ccncc5o4)[C@@H]3C2)c1. The number of hydrogen-bond acceptors (Lipinski definition) is 5. The molecule has 0 radical (unpaired) electrons. The van der Waals surface area contributed by atoms with Gasteiger partial charge in [0.15, 0.2) is 11.3 Å². The number of fused-ring (bicyclic) bond motifs is 2. The summed E-state index contributed by atoms with van der Waals surface area (Å²) in [6, 6.07) is 11.9. The Morgan fingerprint density at radius 3 is 2.93 bits per heavy atom. The first-order chi connectivity index (χ1) is 13.7. The van der Waals surface area contributed by atoms with E-state index in [1.807, 2.05) is 18.2 Å². The van der Waals surface area contributed by atoms with Crippen molar-refractivity contribution in [3.05, 3.63) is 54.6 Å². The number of furan rings is 1. The molecule has 5 rings (SSSR count). The molecule has 1 amide bonds. The van der Waals surface area contributed by atoms with E-state index in [9.17, 15) is 4.79 Å². The van der Waals surface area contributed by atoms with Gasteiger partial charge in [0.05, 0.1) is 13.3 Å². The molecule has 1 saturated carbocycles. The van der Waals surface area contributed by atoms with Crippen molar-refractivity contribution in [3.8, 4) is 5.75 Å². The maximum absolute atomic E-state index is 12.3. The molecule has 1 N–H and O–H groups in total. The van der Waals surface area contributed by atoms with E-state index >= 15 is 0 Å². The maximum atomic E-state index is 12.3. The third-order valence-electron chi connectivity index (χ3n) is 6.10. The van der Waals surface area contributed by atoms with Crippen LogP contribution >= 0.6 is 0 Å². The van der Waals surface area contributed by atoms with Crippen LogP contribution in [-0.4, -0.2) is 37.6 Å². The molecule has 0 unspecified atom stereocenters. The maximum Gasteiger partial charge on any atom is 0.287 e. The summed E-state index contributed by atoms with van der Waals surface area (Å²) in [5, 5.41) is 3.89. The highest BCUT2D eigenvalue weighted by atomic mass is 16.5. The monoisotopic (exact) mass is 377 g/mol. The molecule has 3 heterocycles. The predicted molar refractivity (Wildman–Crippen MR) is 107 cm³/mol. The van der Waals surface area contributed by atoms with E-state index in [4.69, 9.17) is 9.15 Å². The molecule has 0 bridgehead atoms. The highest BCUT2D eigenvalue weighted by Gasteiger charge is 2.54. The van der Waals surface area contributed by atoms with Crippen LogP contribution in [0.4, 0.5) is 5.69 Å². The molecular weight excluding hydrogens is 354 g/mol. The van der Waals surface area contributed by atoms with E-state index in [1.54, 1.807) is 25.6 Å². The number of methoxy groups -OCH3 is 1. The fourth-order valence-corrected chi connectivity index (χ4v) is 4.53. The standard InChI is InChI=1S/C22H23N3O3/c1-27-16-4-2-3-15(10-16)25-12-18-17(19(18)13-25)6-8-24-22(26)20-9-14-5-7-23-11-21(14)28-20/h2-5,7,9-11,17-19H,6,8,12-13H2,1H3,(H,24,26)/t17-,18-,19+. The van der Waals surface area contributed by atoms with Crippen molar-refractivity contribution < 1.29 is 13.9 Å². The van der Waals surface area contributed by atoms with Gasteiger partial charge < -0.3 is 19.4 Å². The smallest absolute Gasteiger partial charge is 0.287 e. The molecule has 1 aromatic carbocycles. The van der Waals surface area contributed by atoms with Crippen LogP contribution in [0.1, 0.15) is 17.0 Å². The molecule has 3 aromatic rings. The second kappa shape index (κ2) is 6.86. The van der Waals surface area contributed by atoms with Gasteiger partial charge in [0.25, 0.3) is 5.91 Å². The van der Waals surface area contributed by atoms with Crippen molar-refractivity contribution in [2.75, 3.05) is 31.6 Å². The Balaban J connectivity index is 1.10. The minimum Gasteiger partial charge on any atom is -0.497 e. The van der Waals surface area contributed by atoms with E-state index in [2.05, 4.69) is 27.3 Å². The van der Waals surface area contributed by atoms with Crippen LogP contribution in [0.2, 0.25) is 0 Å². The van der Waals surface area contributed by atoms with Crippen LogP contribution in [0.15, 0.2) is 53.2 Å². The molecule has 2 fully saturated rings. The third kappa shape index (κ3) is 3.09. The highest BCUT2D eigenvalue weighted by molar-refractivity contribution is 5.95. The average molecular weight is 377 g/mol. The van der Waals surface area contributed by atoms with Gasteiger partial charge in [-0.2, -0.15) is 0 Å². The van der Waals surface area contributed by atoms with Crippen LogP contribution in [0, 0.1) is 17.8 Å². The number of nitrogens with one attached hydrogen (secondary N) is 1. The summed E-state index contributed by atoms with van der Waals surface area (Å²) in [7, 11) is 1.70. The Morgan fingerprint density at radius 2 is 2.14 bits per heavy atom. The predicted octanol–water partition coefficient (Wildman–Crippen LogP) is 3.34. The minimum atomic E-state index is -0.153. The van der Waals surface area contributed by atoms with Gasteiger partial charge in [-0.25, -0.2) is 0 Å². The summed E-state index contributed by atoms with van der Waals surface area (Å²) in [6.45, 7) is 2.87. The van der Waals surface area contributed by atoms with E-state index in [-0.39, 0.29) is 5.91 Å². The Labute approximate surface area is 163 Å². The number of rotatable bonds is 6. The summed E-state index contributed by atoms with van der Waals surface area (Å²) >= 11 is 0. The first-order valence-corrected chi connectivity index (χ1v) is 9.73. The molecule has 1 saturated heterocycles. The number of carbonyl (C=O) groups is 1. The molecule has 3 atom stereocenters. The molecule has 6 nitrogen and oxygen atoms in total. The zero-order valence-electron chi connectivity index (χ0n) is 15.8. The number of nitrogens with zero attached hydrogens (tertiary/aromatic N) is 2. The van der Waals surface area contributed by atoms with Gasteiger partial charge in [-0.1, -0.05) is 6.07 Å². The average Bonchev–Trinajstić information content (AvgIpc) is 3.10. The van der Waals surface area contributed by atoms with Crippen molar-refractivity contribution in [3.63, 3.8) is 0 Å². The van der Waals surface area contributed by atoms with Crippen LogP contribution < -0.4 is 15.0 Å². The molecule has 2 aliphatic rings. The van der Waals surface area contributed by atoms with Gasteiger partial charge in [0.1, 0.15) is 5.75 Å². The van der Waals surface area contributed by atoms with E-state index in [0.29, 0.717) is 23.8 Å². The summed E-state index contributed by atoms with van der Waals surface area (Å²) in [6.07, 6.45) is 4.35. The number of piperidine rings is 1. The molecule has 6 heteroatoms. The number of carbonyl (C=O) groups excluding carboxylic acids is 1. The minimum absolute atomic E-state index is 0.153. The molecule has 144 valence electrons. The van der Waals surface area contributed by atoms with Gasteiger partial charge in [0.2, 0.25) is 0 Å². The first-order valence-electron chi connectivity index (χ1n) is 9.73. The van der Waals surface area contributed by atoms with Crippen LogP contribution in [-0.2, 0) is 0 Å². The molecule has 0 spiro atoms. The first kappa shape index (κ1) is 17.1. The number of amides is 1. The summed E-state index contributed by atoms with van der Waals surface area (Å²) < 4.78 is 10.9. The topological polar surface area (TPSA) is 67.6 Å². The van der Waals surface area contributed by atoms with Crippen LogP contribution in [0.3, 0.4) is 0 Å². The lowest BCUT2D eigenvalue weighted by atomic mass is 10.1. The summed E-state index contributed by atoms with van der Waals surface area (Å²) in [4.78, 5) is 18.8. The van der Waals surface area contributed by atoms with E-state index < -0.39 is 0 Å². The molecule has 2 aromatic heterocycles. The number of aromatic nitrogens is 1. The third-order valence-corrected chi connectivity index (χ3v) is 6.10. The quantitative estimate of drug-likeness (QED) is 0.714. The summed E-state index contributed by atoms with van der Waals surface area (Å²) in [5.41, 5.74) is 1.87. The second-order valence-corrected chi connectivity index (χ2v) is 7.67. The number of pyridine rings is 1. The number of ether oxygens (including phenoxy) is 1. The fraction of sp³-hybridized carbons (Fsp3) is 0.364. The van der Waals surface area contributed by atoms with Crippen molar-refractivity contribution in [2.45, 2.75) is 6.42 Å². The van der Waals surface area contributed by atoms with Crippen molar-refractivity contribution in [1.82, 2.24) is 10.3 Å². The normalized spacial score (nSPS) is 22.9. The lowest BCUT2D eigenvalue weighted by Gasteiger charge is -2.22. The largest absolute Gasteiger partial charge is 0.497 e. The Hall–Kier alpha value is -3.02. The van der Waals surface area contributed by atoms with Crippen molar-refractivity contribution in [1.29, 1.82) is 0 Å². The van der Waals surface area contributed by atoms with Gasteiger partial charge in [-0.15, -0.1) is 0 Å².